The summed E-state index contributed by atoms with van der Waals surface area (Å²) in [6.45, 7) is 0. The molecule has 0 N–H and O–H groups in total. The van der Waals surface area contributed by atoms with Gasteiger partial charge in [0.1, 0.15) is 34.5 Å². The van der Waals surface area contributed by atoms with Crippen LogP contribution in [-0.4, -0.2) is 0 Å². The van der Waals surface area contributed by atoms with E-state index in [4.69, 9.17) is 27.1 Å². The molecule has 0 amide bonds. The fourth-order valence-corrected chi connectivity index (χ4v) is 5.49. The minimum Gasteiger partial charge on any atom is -0.409 e. The lowest BCUT2D eigenvalue weighted by molar-refractivity contribution is 0.298. The summed E-state index contributed by atoms with van der Waals surface area (Å²) in [4.78, 5) is 0. The molecule has 0 saturated heterocycles. The highest BCUT2D eigenvalue weighted by Gasteiger charge is 2.33. The second-order valence-electron chi connectivity index (χ2n) is 7.94. The summed E-state index contributed by atoms with van der Waals surface area (Å²) < 4.78 is 48.7. The summed E-state index contributed by atoms with van der Waals surface area (Å²) in [6, 6.07) is 42.4. The number of rotatable bonds is 12. The molecule has 5 rings (SSSR count). The van der Waals surface area contributed by atoms with Crippen LogP contribution < -0.4 is 27.1 Å². The molecule has 9 heteroatoms. The molecule has 0 bridgehead atoms. The van der Waals surface area contributed by atoms with Crippen molar-refractivity contribution in [3.63, 3.8) is 0 Å². The summed E-state index contributed by atoms with van der Waals surface area (Å²) in [6.07, 6.45) is 0. The molecule has 39 heavy (non-hydrogen) atoms. The zero-order chi connectivity index (χ0) is 26.8. The molecular weight excluding hydrogens is 534 g/mol. The lowest BCUT2D eigenvalue weighted by Crippen LogP contribution is -2.07. The molecule has 7 nitrogen and oxygen atoms in total. The van der Waals surface area contributed by atoms with Gasteiger partial charge in [-0.05, 0) is 72.8 Å². The maximum atomic E-state index is 13.7. The third kappa shape index (κ3) is 8.02. The van der Waals surface area contributed by atoms with Gasteiger partial charge in [-0.15, -0.1) is 0 Å². The Bertz CT molecular complexity index is 1380. The van der Waals surface area contributed by atoms with Gasteiger partial charge in [0.2, 0.25) is 0 Å². The van der Waals surface area contributed by atoms with E-state index in [0.29, 0.717) is 28.7 Å². The molecule has 5 aromatic rings. The van der Waals surface area contributed by atoms with E-state index in [1.54, 1.807) is 72.8 Å². The largest absolute Gasteiger partial charge is 0.647 e. The maximum absolute atomic E-state index is 13.7. The Morgan fingerprint density at radius 2 is 0.615 bits per heavy atom. The fourth-order valence-electron chi connectivity index (χ4n) is 3.24. The van der Waals surface area contributed by atoms with Gasteiger partial charge in [0.05, 0.1) is 0 Å². The van der Waals surface area contributed by atoms with Crippen molar-refractivity contribution < 1.29 is 31.7 Å². The molecule has 0 aliphatic rings. The summed E-state index contributed by atoms with van der Waals surface area (Å²) >= 11 is 0. The summed E-state index contributed by atoms with van der Waals surface area (Å²) in [7, 11) is -5.94. The third-order valence-electron chi connectivity index (χ3n) is 4.99. The zero-order valence-electron chi connectivity index (χ0n) is 20.6. The van der Waals surface area contributed by atoms with E-state index in [9.17, 15) is 4.57 Å². The molecule has 0 unspecified atom stereocenters. The molecule has 196 valence electrons. The monoisotopic (exact) mass is 558 g/mol. The molecule has 0 aliphatic heterocycles. The first kappa shape index (κ1) is 26.2. The first-order valence-corrected chi connectivity index (χ1v) is 14.5. The van der Waals surface area contributed by atoms with Crippen LogP contribution >= 0.6 is 16.4 Å². The molecule has 0 fully saturated rings. The van der Waals surface area contributed by atoms with Crippen LogP contribution in [-0.2, 0) is 4.57 Å². The lowest BCUT2D eigenvalue weighted by atomic mass is 10.3. The molecule has 0 saturated carbocycles. The number of benzene rings is 5. The summed E-state index contributed by atoms with van der Waals surface area (Å²) in [5.74, 6) is 2.63. The summed E-state index contributed by atoms with van der Waals surface area (Å²) in [5, 5.41) is 0. The van der Waals surface area contributed by atoms with Crippen LogP contribution in [0.4, 0.5) is 0 Å². The fraction of sp³-hybridized carbons (Fsp3) is 0. The highest BCUT2D eigenvalue weighted by atomic mass is 31.2. The average molecular weight is 558 g/mol. The highest BCUT2D eigenvalue weighted by Crippen LogP contribution is 2.50. The van der Waals surface area contributed by atoms with Gasteiger partial charge in [0.25, 0.3) is 0 Å². The second-order valence-corrected chi connectivity index (χ2v) is 10.4. The zero-order valence-corrected chi connectivity index (χ0v) is 22.4. The van der Waals surface area contributed by atoms with E-state index >= 15 is 0 Å². The number of hydrogen-bond acceptors (Lipinski definition) is 7. The minimum absolute atomic E-state index is 0.259. The Hall–Kier alpha value is -4.44. The first-order valence-electron chi connectivity index (χ1n) is 12.0. The van der Waals surface area contributed by atoms with Gasteiger partial charge in [-0.1, -0.05) is 72.8 Å². The molecule has 0 radical (unpaired) electrons. The van der Waals surface area contributed by atoms with Crippen molar-refractivity contribution in [3.05, 3.63) is 146 Å². The van der Waals surface area contributed by atoms with Crippen LogP contribution in [0.3, 0.4) is 0 Å². The van der Waals surface area contributed by atoms with Crippen molar-refractivity contribution in [1.82, 2.24) is 0 Å². The van der Waals surface area contributed by atoms with Gasteiger partial charge in [0.15, 0.2) is 0 Å². The third-order valence-corrected chi connectivity index (χ3v) is 7.37. The highest BCUT2D eigenvalue weighted by molar-refractivity contribution is 7.49. The molecule has 0 spiro atoms. The normalized spacial score (nSPS) is 10.9. The van der Waals surface area contributed by atoms with E-state index in [1.165, 1.54) is 0 Å². The Labute approximate surface area is 228 Å². The minimum atomic E-state index is -4.11. The maximum Gasteiger partial charge on any atom is 0.647 e. The van der Waals surface area contributed by atoms with Gasteiger partial charge < -0.3 is 27.1 Å². The number of phosphoric acid groups is 1. The molecule has 5 aromatic carbocycles. The van der Waals surface area contributed by atoms with Crippen molar-refractivity contribution in [2.75, 3.05) is 0 Å². The standard InChI is InChI=1S/C30H24O7P2/c31-39(35-28-17-9-3-10-18-28,36-29-19-11-4-12-20-29)37-30-23-21-27(22-24-30)34-38(32-25-13-5-1-6-14-25)33-26-15-7-2-8-16-26/h1-24H. The number of hydrogen-bond donors (Lipinski definition) is 0. The van der Waals surface area contributed by atoms with Gasteiger partial charge in [-0.25, -0.2) is 0 Å². The van der Waals surface area contributed by atoms with Gasteiger partial charge in [-0.2, -0.15) is 4.57 Å². The van der Waals surface area contributed by atoms with Gasteiger partial charge in [0, 0.05) is 0 Å². The predicted octanol–water partition coefficient (Wildman–Crippen LogP) is 9.10. The number of phosphoric ester groups is 1. The molecule has 0 atom stereocenters. The van der Waals surface area contributed by atoms with Gasteiger partial charge in [-0.3, -0.25) is 0 Å². The van der Waals surface area contributed by atoms with Crippen molar-refractivity contribution in [1.29, 1.82) is 0 Å². The van der Waals surface area contributed by atoms with Crippen molar-refractivity contribution in [3.8, 4) is 34.5 Å². The Morgan fingerprint density at radius 1 is 0.359 bits per heavy atom. The molecule has 0 aromatic heterocycles. The first-order chi connectivity index (χ1) is 19.1. The van der Waals surface area contributed by atoms with E-state index in [-0.39, 0.29) is 5.75 Å². The molecule has 0 heterocycles. The topological polar surface area (TPSA) is 72.5 Å². The molecular formula is C30H24O7P2. The van der Waals surface area contributed by atoms with E-state index in [1.807, 2.05) is 72.8 Å². The van der Waals surface area contributed by atoms with Crippen LogP contribution in [0.25, 0.3) is 0 Å². The Kier molecular flexibility index (Phi) is 8.64. The quantitative estimate of drug-likeness (QED) is 0.141. The predicted molar refractivity (Wildman–Crippen MR) is 151 cm³/mol. The van der Waals surface area contributed by atoms with E-state index in [2.05, 4.69) is 0 Å². The Morgan fingerprint density at radius 3 is 0.974 bits per heavy atom. The van der Waals surface area contributed by atoms with Crippen LogP contribution in [0, 0.1) is 0 Å². The lowest BCUT2D eigenvalue weighted by Gasteiger charge is -2.20. The smallest absolute Gasteiger partial charge is 0.409 e. The second kappa shape index (κ2) is 12.9. The van der Waals surface area contributed by atoms with Crippen LogP contribution in [0.5, 0.6) is 34.5 Å². The number of para-hydroxylation sites is 4. The van der Waals surface area contributed by atoms with Crippen molar-refractivity contribution >= 4 is 16.4 Å². The SMILES string of the molecule is O=P(Oc1ccccc1)(Oc1ccccc1)Oc1ccc(OP(Oc2ccccc2)Oc2ccccc2)cc1. The summed E-state index contributed by atoms with van der Waals surface area (Å²) in [5.41, 5.74) is 0. The average Bonchev–Trinajstić information content (AvgIpc) is 2.96. The van der Waals surface area contributed by atoms with E-state index < -0.39 is 16.4 Å². The van der Waals surface area contributed by atoms with Crippen LogP contribution in [0.15, 0.2) is 146 Å². The van der Waals surface area contributed by atoms with Crippen molar-refractivity contribution in [2.24, 2.45) is 0 Å². The van der Waals surface area contributed by atoms with Crippen LogP contribution in [0.2, 0.25) is 0 Å². The molecule has 0 aliphatic carbocycles. The van der Waals surface area contributed by atoms with Crippen LogP contribution in [0.1, 0.15) is 0 Å². The Balaban J connectivity index is 1.31. The van der Waals surface area contributed by atoms with Gasteiger partial charge >= 0.3 is 16.4 Å². The van der Waals surface area contributed by atoms with Crippen molar-refractivity contribution in [2.45, 2.75) is 0 Å². The van der Waals surface area contributed by atoms with E-state index in [0.717, 1.165) is 0 Å².